The minimum absolute atomic E-state index is 0. The van der Waals surface area contributed by atoms with Gasteiger partial charge in [-0.25, -0.2) is 9.98 Å². The van der Waals surface area contributed by atoms with Crippen LogP contribution in [0.15, 0.2) is 39.9 Å². The molecule has 1 saturated heterocycles. The van der Waals surface area contributed by atoms with Crippen LogP contribution in [0.5, 0.6) is 5.75 Å². The minimum Gasteiger partial charge on any atom is -0.495 e. The Morgan fingerprint density at radius 2 is 2.10 bits per heavy atom. The number of aromatic nitrogens is 1. The van der Waals surface area contributed by atoms with Crippen molar-refractivity contribution in [3.63, 3.8) is 0 Å². The summed E-state index contributed by atoms with van der Waals surface area (Å²) >= 11 is 0. The Balaban J connectivity index is 0.00000341. The van der Waals surface area contributed by atoms with Gasteiger partial charge in [-0.1, -0.05) is 32.9 Å². The molecule has 1 aromatic heterocycles. The van der Waals surface area contributed by atoms with Crippen LogP contribution in [0, 0.1) is 0 Å². The summed E-state index contributed by atoms with van der Waals surface area (Å²) in [6.45, 7) is 11.5. The first-order chi connectivity index (χ1) is 14.4. The number of rotatable bonds is 6. The maximum absolute atomic E-state index is 5.87. The lowest BCUT2D eigenvalue weighted by atomic mass is 9.94. The summed E-state index contributed by atoms with van der Waals surface area (Å²) in [4.78, 5) is 11.5. The zero-order valence-electron chi connectivity index (χ0n) is 19.3. The van der Waals surface area contributed by atoms with E-state index in [0.29, 0.717) is 18.5 Å². The molecule has 2 heterocycles. The molecule has 3 rings (SSSR count). The number of anilines is 1. The van der Waals surface area contributed by atoms with Gasteiger partial charge >= 0.3 is 0 Å². The number of guanidine groups is 1. The van der Waals surface area contributed by atoms with Crippen molar-refractivity contribution in [1.82, 2.24) is 15.6 Å². The number of nitrogens with one attached hydrogen (secondary N) is 2. The number of methoxy groups -OCH3 is 1. The van der Waals surface area contributed by atoms with Gasteiger partial charge in [-0.15, -0.1) is 24.0 Å². The molecule has 31 heavy (non-hydrogen) atoms. The van der Waals surface area contributed by atoms with Crippen LogP contribution < -0.4 is 20.3 Å². The third kappa shape index (κ3) is 7.02. The summed E-state index contributed by atoms with van der Waals surface area (Å²) in [5, 5.41) is 6.93. The third-order valence-electron chi connectivity index (χ3n) is 5.20. The number of oxazole rings is 1. The number of aliphatic imine (C=N–C) groups is 1. The van der Waals surface area contributed by atoms with Crippen molar-refractivity contribution in [3.05, 3.63) is 42.1 Å². The largest absolute Gasteiger partial charge is 0.495 e. The molecule has 0 amide bonds. The van der Waals surface area contributed by atoms with E-state index in [1.807, 2.05) is 12.1 Å². The number of hydrogen-bond donors (Lipinski definition) is 2. The topological polar surface area (TPSA) is 74.9 Å². The van der Waals surface area contributed by atoms with Crippen molar-refractivity contribution < 1.29 is 9.15 Å². The maximum atomic E-state index is 5.87. The van der Waals surface area contributed by atoms with Crippen LogP contribution in [0.4, 0.5) is 5.69 Å². The maximum Gasteiger partial charge on any atom is 0.216 e. The van der Waals surface area contributed by atoms with E-state index in [0.717, 1.165) is 55.6 Å². The summed E-state index contributed by atoms with van der Waals surface area (Å²) in [6.07, 6.45) is 4.02. The zero-order chi connectivity index (χ0) is 21.6. The van der Waals surface area contributed by atoms with Crippen LogP contribution in [-0.4, -0.2) is 43.7 Å². The second-order valence-corrected chi connectivity index (χ2v) is 8.66. The molecule has 0 bridgehead atoms. The highest BCUT2D eigenvalue weighted by molar-refractivity contribution is 14.0. The molecule has 1 aromatic carbocycles. The van der Waals surface area contributed by atoms with E-state index in [9.17, 15) is 0 Å². The highest BCUT2D eigenvalue weighted by atomic mass is 127. The highest BCUT2D eigenvalue weighted by Crippen LogP contribution is 2.30. The molecule has 0 radical (unpaired) electrons. The molecule has 0 spiro atoms. The first kappa shape index (κ1) is 25.3. The minimum atomic E-state index is -0.0538. The smallest absolute Gasteiger partial charge is 0.216 e. The van der Waals surface area contributed by atoms with Gasteiger partial charge < -0.3 is 24.7 Å². The number of halogens is 1. The fourth-order valence-corrected chi connectivity index (χ4v) is 3.59. The van der Waals surface area contributed by atoms with E-state index in [1.165, 1.54) is 0 Å². The molecule has 8 heteroatoms. The molecule has 1 atom stereocenters. The fourth-order valence-electron chi connectivity index (χ4n) is 3.59. The monoisotopic (exact) mass is 541 g/mol. The van der Waals surface area contributed by atoms with Crippen LogP contribution in [0.1, 0.15) is 52.2 Å². The predicted molar refractivity (Wildman–Crippen MR) is 137 cm³/mol. The van der Waals surface area contributed by atoms with Gasteiger partial charge in [-0.2, -0.15) is 0 Å². The number of ether oxygens (including phenoxy) is 1. The lowest BCUT2D eigenvalue weighted by Crippen LogP contribution is -2.51. The van der Waals surface area contributed by atoms with Crippen LogP contribution in [0.25, 0.3) is 0 Å². The van der Waals surface area contributed by atoms with Crippen LogP contribution >= 0.6 is 24.0 Å². The van der Waals surface area contributed by atoms with Gasteiger partial charge in [0.25, 0.3) is 0 Å². The highest BCUT2D eigenvalue weighted by Gasteiger charge is 2.23. The van der Waals surface area contributed by atoms with Gasteiger partial charge in [0.2, 0.25) is 5.89 Å². The Kier molecular flexibility index (Phi) is 9.46. The zero-order valence-corrected chi connectivity index (χ0v) is 21.6. The summed E-state index contributed by atoms with van der Waals surface area (Å²) in [6, 6.07) is 8.50. The van der Waals surface area contributed by atoms with Crippen molar-refractivity contribution in [3.8, 4) is 5.75 Å². The first-order valence-electron chi connectivity index (χ1n) is 10.8. The van der Waals surface area contributed by atoms with Crippen molar-refractivity contribution in [2.45, 2.75) is 58.5 Å². The van der Waals surface area contributed by atoms with Crippen molar-refractivity contribution in [2.24, 2.45) is 4.99 Å². The van der Waals surface area contributed by atoms with Gasteiger partial charge in [0.05, 0.1) is 19.0 Å². The molecule has 0 saturated carbocycles. The number of benzene rings is 1. The van der Waals surface area contributed by atoms with Gasteiger partial charge in [-0.3, -0.25) is 0 Å². The van der Waals surface area contributed by atoms with E-state index >= 15 is 0 Å². The molecule has 1 aliphatic heterocycles. The summed E-state index contributed by atoms with van der Waals surface area (Å²) in [5.74, 6) is 3.22. The number of nitrogens with zero attached hydrogens (tertiary/aromatic N) is 3. The Morgan fingerprint density at radius 3 is 2.77 bits per heavy atom. The molecule has 7 nitrogen and oxygen atoms in total. The molecular formula is C23H36IN5O2. The van der Waals surface area contributed by atoms with Crippen molar-refractivity contribution in [2.75, 3.05) is 31.6 Å². The van der Waals surface area contributed by atoms with Gasteiger partial charge in [0.15, 0.2) is 5.96 Å². The van der Waals surface area contributed by atoms with E-state index < -0.39 is 0 Å². The normalized spacial score (nSPS) is 17.1. The second kappa shape index (κ2) is 11.6. The molecule has 2 aromatic rings. The van der Waals surface area contributed by atoms with Crippen molar-refractivity contribution >= 4 is 35.6 Å². The molecule has 172 valence electrons. The molecule has 2 N–H and O–H groups in total. The summed E-state index contributed by atoms with van der Waals surface area (Å²) in [7, 11) is 1.72. The lowest BCUT2D eigenvalue weighted by Gasteiger charge is -2.36. The number of para-hydroxylation sites is 2. The lowest BCUT2D eigenvalue weighted by molar-refractivity contribution is 0.383. The van der Waals surface area contributed by atoms with Crippen LogP contribution in [0.3, 0.4) is 0 Å². The van der Waals surface area contributed by atoms with Gasteiger partial charge in [-0.05, 0) is 31.9 Å². The predicted octanol–water partition coefficient (Wildman–Crippen LogP) is 4.32. The Bertz CT molecular complexity index is 846. The quantitative estimate of drug-likeness (QED) is 0.323. The second-order valence-electron chi connectivity index (χ2n) is 8.66. The molecule has 1 aliphatic rings. The molecular weight excluding hydrogens is 505 g/mol. The van der Waals surface area contributed by atoms with E-state index in [1.54, 1.807) is 13.3 Å². The fraction of sp³-hybridized carbons (Fsp3) is 0.565. The van der Waals surface area contributed by atoms with E-state index in [4.69, 9.17) is 14.1 Å². The number of piperidine rings is 1. The summed E-state index contributed by atoms with van der Waals surface area (Å²) < 4.78 is 11.4. The Labute approximate surface area is 203 Å². The molecule has 0 aliphatic carbocycles. The Hall–Kier alpha value is -1.97. The first-order valence-corrected chi connectivity index (χ1v) is 10.8. The summed E-state index contributed by atoms with van der Waals surface area (Å²) in [5.41, 5.74) is 1.09. The van der Waals surface area contributed by atoms with Gasteiger partial charge in [0.1, 0.15) is 18.1 Å². The number of hydrogen-bond acceptors (Lipinski definition) is 5. The average molecular weight is 541 g/mol. The van der Waals surface area contributed by atoms with Gasteiger partial charge in [0, 0.05) is 31.1 Å². The molecule has 1 unspecified atom stereocenters. The van der Waals surface area contributed by atoms with E-state index in [-0.39, 0.29) is 29.4 Å². The third-order valence-corrected chi connectivity index (χ3v) is 5.20. The Morgan fingerprint density at radius 1 is 1.32 bits per heavy atom. The van der Waals surface area contributed by atoms with E-state index in [2.05, 4.69) is 60.3 Å². The standard InChI is InChI=1S/C23H35N5O2.HI/c1-6-24-22(26-15-21-25-14-20(30-21)23(2,3)4)27-17-10-9-13-28(16-17)18-11-7-8-12-19(18)29-5;/h7-8,11-12,14,17H,6,9-10,13,15-16H2,1-5H3,(H2,24,26,27);1H. The average Bonchev–Trinajstić information content (AvgIpc) is 3.22. The van der Waals surface area contributed by atoms with Crippen LogP contribution in [0.2, 0.25) is 0 Å². The SMILES string of the molecule is CCNC(=NCc1ncc(C(C)(C)C)o1)NC1CCCN(c2ccccc2OC)C1.I. The molecule has 1 fully saturated rings. The van der Waals surface area contributed by atoms with Crippen molar-refractivity contribution in [1.29, 1.82) is 0 Å². The van der Waals surface area contributed by atoms with Crippen LogP contribution in [-0.2, 0) is 12.0 Å².